The Bertz CT molecular complexity index is 294. The number of amides is 1. The Balaban J connectivity index is 2.35. The summed E-state index contributed by atoms with van der Waals surface area (Å²) >= 11 is 0. The molecule has 0 aromatic rings. The van der Waals surface area contributed by atoms with Crippen LogP contribution in [-0.4, -0.2) is 61.6 Å². The molecule has 0 atom stereocenters. The molecule has 0 unspecified atom stereocenters. The molecular weight excluding hydrogens is 264 g/mol. The van der Waals surface area contributed by atoms with Gasteiger partial charge >= 0.3 is 0 Å². The highest BCUT2D eigenvalue weighted by molar-refractivity contribution is 5.76. The molecule has 4 heteroatoms. The van der Waals surface area contributed by atoms with Crippen LogP contribution in [0.5, 0.6) is 0 Å². The predicted molar refractivity (Wildman–Crippen MR) is 87.4 cm³/mol. The fourth-order valence-electron chi connectivity index (χ4n) is 2.59. The fourth-order valence-corrected chi connectivity index (χ4v) is 2.59. The minimum atomic E-state index is 0.0752. The summed E-state index contributed by atoms with van der Waals surface area (Å²) in [5.74, 6) is 0.318. The summed E-state index contributed by atoms with van der Waals surface area (Å²) in [6.07, 6.45) is 3.96. The van der Waals surface area contributed by atoms with Crippen molar-refractivity contribution in [3.63, 3.8) is 0 Å². The number of ether oxygens (including phenoxy) is 1. The van der Waals surface area contributed by atoms with Crippen molar-refractivity contribution >= 4 is 5.91 Å². The molecule has 0 aromatic heterocycles. The molecule has 1 saturated heterocycles. The zero-order chi connectivity index (χ0) is 15.7. The first-order valence-corrected chi connectivity index (χ1v) is 8.50. The average molecular weight is 298 g/mol. The number of carbonyl (C=O) groups is 1. The van der Waals surface area contributed by atoms with Crippen LogP contribution in [0.2, 0.25) is 0 Å². The highest BCUT2D eigenvalue weighted by Crippen LogP contribution is 2.20. The van der Waals surface area contributed by atoms with E-state index in [9.17, 15) is 4.79 Å². The van der Waals surface area contributed by atoms with Gasteiger partial charge in [-0.2, -0.15) is 0 Å². The molecule has 1 fully saturated rings. The van der Waals surface area contributed by atoms with Crippen molar-refractivity contribution < 1.29 is 9.53 Å². The van der Waals surface area contributed by atoms with Gasteiger partial charge in [-0.25, -0.2) is 0 Å². The molecule has 1 rings (SSSR count). The lowest BCUT2D eigenvalue weighted by Crippen LogP contribution is -2.40. The third-order valence-electron chi connectivity index (χ3n) is 3.82. The van der Waals surface area contributed by atoms with Gasteiger partial charge in [0.25, 0.3) is 0 Å². The molecule has 1 aliphatic rings. The van der Waals surface area contributed by atoms with Crippen molar-refractivity contribution in [2.75, 3.05) is 45.9 Å². The molecule has 0 saturated carbocycles. The topological polar surface area (TPSA) is 32.8 Å². The summed E-state index contributed by atoms with van der Waals surface area (Å²) < 4.78 is 5.37. The van der Waals surface area contributed by atoms with Gasteiger partial charge in [-0.1, -0.05) is 34.1 Å². The van der Waals surface area contributed by atoms with Crippen molar-refractivity contribution in [2.24, 2.45) is 5.41 Å². The van der Waals surface area contributed by atoms with Crippen LogP contribution in [0.25, 0.3) is 0 Å². The van der Waals surface area contributed by atoms with Gasteiger partial charge in [0.05, 0.1) is 13.2 Å². The van der Waals surface area contributed by atoms with Crippen LogP contribution < -0.4 is 0 Å². The van der Waals surface area contributed by atoms with E-state index in [1.54, 1.807) is 0 Å². The lowest BCUT2D eigenvalue weighted by atomic mass is 9.91. The van der Waals surface area contributed by atoms with Crippen LogP contribution in [0.3, 0.4) is 0 Å². The first-order chi connectivity index (χ1) is 9.92. The molecule has 0 N–H and O–H groups in total. The van der Waals surface area contributed by atoms with Gasteiger partial charge in [-0.05, 0) is 18.3 Å². The van der Waals surface area contributed by atoms with Gasteiger partial charge in [-0.3, -0.25) is 9.69 Å². The summed E-state index contributed by atoms with van der Waals surface area (Å²) in [5.41, 5.74) is 0.0752. The third kappa shape index (κ3) is 8.42. The molecule has 4 nitrogen and oxygen atoms in total. The number of rotatable bonds is 8. The van der Waals surface area contributed by atoms with E-state index in [4.69, 9.17) is 4.74 Å². The fraction of sp³-hybridized carbons (Fsp3) is 0.941. The van der Waals surface area contributed by atoms with Crippen LogP contribution >= 0.6 is 0 Å². The Hall–Kier alpha value is -0.610. The van der Waals surface area contributed by atoms with Gasteiger partial charge < -0.3 is 9.64 Å². The minimum absolute atomic E-state index is 0.0752. The molecule has 1 heterocycles. The number of carbonyl (C=O) groups excluding carboxylic acids is 1. The summed E-state index contributed by atoms with van der Waals surface area (Å²) in [6.45, 7) is 15.2. The number of unbranched alkanes of at least 4 members (excludes halogenated alkanes) is 1. The van der Waals surface area contributed by atoms with E-state index in [2.05, 4.69) is 37.5 Å². The second-order valence-electron chi connectivity index (χ2n) is 7.28. The number of morpholine rings is 1. The Morgan fingerprint density at radius 2 is 1.76 bits per heavy atom. The van der Waals surface area contributed by atoms with Crippen molar-refractivity contribution in [2.45, 2.75) is 53.4 Å². The molecule has 124 valence electrons. The van der Waals surface area contributed by atoms with E-state index in [1.807, 2.05) is 0 Å². The SMILES string of the molecule is CCCCN(CCCN1CCOCC1)C(=O)CC(C)(C)C. The maximum atomic E-state index is 12.4. The molecule has 1 aliphatic heterocycles. The van der Waals surface area contributed by atoms with Gasteiger partial charge in [0.15, 0.2) is 0 Å². The molecule has 0 bridgehead atoms. The summed E-state index contributed by atoms with van der Waals surface area (Å²) in [5, 5.41) is 0. The lowest BCUT2D eigenvalue weighted by Gasteiger charge is -2.29. The maximum absolute atomic E-state index is 12.4. The van der Waals surface area contributed by atoms with Crippen molar-refractivity contribution in [1.29, 1.82) is 0 Å². The molecule has 21 heavy (non-hydrogen) atoms. The second kappa shape index (κ2) is 9.42. The van der Waals surface area contributed by atoms with Crippen molar-refractivity contribution in [1.82, 2.24) is 9.80 Å². The summed E-state index contributed by atoms with van der Waals surface area (Å²) in [6, 6.07) is 0. The standard InChI is InChI=1S/C17H34N2O2/c1-5-6-9-19(16(20)15-17(2,3)4)10-7-8-18-11-13-21-14-12-18/h5-15H2,1-4H3. The number of hydrogen-bond acceptors (Lipinski definition) is 3. The van der Waals surface area contributed by atoms with Crippen LogP contribution in [0.15, 0.2) is 0 Å². The van der Waals surface area contributed by atoms with Gasteiger partial charge in [0.2, 0.25) is 5.91 Å². The predicted octanol–water partition coefficient (Wildman–Crippen LogP) is 2.77. The van der Waals surface area contributed by atoms with Crippen LogP contribution in [-0.2, 0) is 9.53 Å². The Morgan fingerprint density at radius 3 is 2.33 bits per heavy atom. The van der Waals surface area contributed by atoms with E-state index in [0.717, 1.165) is 65.2 Å². The zero-order valence-electron chi connectivity index (χ0n) is 14.5. The molecule has 0 radical (unpaired) electrons. The Morgan fingerprint density at radius 1 is 1.14 bits per heavy atom. The van der Waals surface area contributed by atoms with Crippen molar-refractivity contribution in [3.8, 4) is 0 Å². The van der Waals surface area contributed by atoms with Gasteiger partial charge in [-0.15, -0.1) is 0 Å². The minimum Gasteiger partial charge on any atom is -0.379 e. The number of nitrogens with zero attached hydrogens (tertiary/aromatic N) is 2. The van der Waals surface area contributed by atoms with Crippen LogP contribution in [0.4, 0.5) is 0 Å². The maximum Gasteiger partial charge on any atom is 0.223 e. The van der Waals surface area contributed by atoms with Crippen LogP contribution in [0, 0.1) is 5.41 Å². The van der Waals surface area contributed by atoms with Crippen molar-refractivity contribution in [3.05, 3.63) is 0 Å². The zero-order valence-corrected chi connectivity index (χ0v) is 14.5. The van der Waals surface area contributed by atoms with E-state index in [1.165, 1.54) is 0 Å². The van der Waals surface area contributed by atoms with Gasteiger partial charge in [0.1, 0.15) is 0 Å². The molecule has 0 aliphatic carbocycles. The highest BCUT2D eigenvalue weighted by Gasteiger charge is 2.21. The Labute approximate surface area is 130 Å². The smallest absolute Gasteiger partial charge is 0.223 e. The van der Waals surface area contributed by atoms with E-state index in [-0.39, 0.29) is 5.41 Å². The van der Waals surface area contributed by atoms with E-state index in [0.29, 0.717) is 12.3 Å². The molecule has 0 aromatic carbocycles. The monoisotopic (exact) mass is 298 g/mol. The van der Waals surface area contributed by atoms with Gasteiger partial charge in [0, 0.05) is 39.1 Å². The quantitative estimate of drug-likeness (QED) is 0.691. The highest BCUT2D eigenvalue weighted by atomic mass is 16.5. The normalized spacial score (nSPS) is 17.0. The first kappa shape index (κ1) is 18.4. The molecule has 1 amide bonds. The largest absolute Gasteiger partial charge is 0.379 e. The number of hydrogen-bond donors (Lipinski definition) is 0. The summed E-state index contributed by atoms with van der Waals surface area (Å²) in [4.78, 5) is 17.0. The Kier molecular flexibility index (Phi) is 8.27. The molecule has 0 spiro atoms. The lowest BCUT2D eigenvalue weighted by molar-refractivity contribution is -0.133. The van der Waals surface area contributed by atoms with E-state index < -0.39 is 0 Å². The third-order valence-corrected chi connectivity index (χ3v) is 3.82. The summed E-state index contributed by atoms with van der Waals surface area (Å²) in [7, 11) is 0. The van der Waals surface area contributed by atoms with Crippen LogP contribution in [0.1, 0.15) is 53.4 Å². The average Bonchev–Trinajstić information content (AvgIpc) is 2.41. The first-order valence-electron chi connectivity index (χ1n) is 8.50. The van der Waals surface area contributed by atoms with E-state index >= 15 is 0 Å². The second-order valence-corrected chi connectivity index (χ2v) is 7.28. The molecular formula is C17H34N2O2.